The van der Waals surface area contributed by atoms with Crippen molar-refractivity contribution in [2.24, 2.45) is 5.92 Å². The molecular weight excluding hydrogens is 396 g/mol. The first kappa shape index (κ1) is 19.2. The van der Waals surface area contributed by atoms with E-state index in [9.17, 15) is 14.4 Å². The van der Waals surface area contributed by atoms with Gasteiger partial charge in [-0.15, -0.1) is 0 Å². The van der Waals surface area contributed by atoms with Gasteiger partial charge in [-0.25, -0.2) is 4.98 Å². The Labute approximate surface area is 172 Å². The van der Waals surface area contributed by atoms with Gasteiger partial charge in [-0.05, 0) is 23.8 Å². The highest BCUT2D eigenvalue weighted by Gasteiger charge is 2.37. The number of hydrogen-bond donors (Lipinski definition) is 1. The quantitative estimate of drug-likeness (QED) is 0.769. The van der Waals surface area contributed by atoms with Crippen molar-refractivity contribution in [3.63, 3.8) is 0 Å². The number of likely N-dealkylation sites (tertiary alicyclic amines) is 1. The molecule has 9 heteroatoms. The predicted octanol–water partition coefficient (Wildman–Crippen LogP) is 1.94. The number of fused-ring (bicyclic) bond motifs is 1. The Morgan fingerprint density at radius 3 is 2.69 bits per heavy atom. The number of esters is 1. The molecule has 1 aromatic carbocycles. The van der Waals surface area contributed by atoms with Crippen molar-refractivity contribution in [1.29, 1.82) is 0 Å². The Hall–Kier alpha value is -3.13. The predicted molar refractivity (Wildman–Crippen MR) is 107 cm³/mol. The van der Waals surface area contributed by atoms with E-state index < -0.39 is 0 Å². The fourth-order valence-electron chi connectivity index (χ4n) is 3.39. The van der Waals surface area contributed by atoms with Crippen LogP contribution in [0.1, 0.15) is 15.9 Å². The molecule has 29 heavy (non-hydrogen) atoms. The highest BCUT2D eigenvalue weighted by atomic mass is 35.5. The number of rotatable bonds is 4. The van der Waals surface area contributed by atoms with Crippen LogP contribution in [-0.2, 0) is 20.9 Å². The van der Waals surface area contributed by atoms with Crippen molar-refractivity contribution in [3.05, 3.63) is 52.7 Å². The number of carbonyl (C=O) groups excluding carboxylic acids is 3. The van der Waals surface area contributed by atoms with Crippen LogP contribution in [0.25, 0.3) is 0 Å². The second-order valence-electron chi connectivity index (χ2n) is 6.98. The highest BCUT2D eigenvalue weighted by Crippen LogP contribution is 2.31. The largest absolute Gasteiger partial charge is 0.469 e. The minimum Gasteiger partial charge on any atom is -0.469 e. The summed E-state index contributed by atoms with van der Waals surface area (Å²) in [4.78, 5) is 44.3. The number of aromatic nitrogens is 1. The Bertz CT molecular complexity index is 973. The van der Waals surface area contributed by atoms with Crippen LogP contribution in [0.3, 0.4) is 0 Å². The second kappa shape index (κ2) is 7.71. The Morgan fingerprint density at radius 1 is 1.28 bits per heavy atom. The minimum atomic E-state index is -0.318. The van der Waals surface area contributed by atoms with Crippen molar-refractivity contribution < 1.29 is 19.1 Å². The molecule has 1 N–H and O–H groups in total. The molecule has 1 fully saturated rings. The van der Waals surface area contributed by atoms with E-state index in [2.05, 4.69) is 10.3 Å². The Kier molecular flexibility index (Phi) is 5.10. The van der Waals surface area contributed by atoms with Gasteiger partial charge in [-0.1, -0.05) is 23.7 Å². The van der Waals surface area contributed by atoms with Gasteiger partial charge in [0.1, 0.15) is 0 Å². The summed E-state index contributed by atoms with van der Waals surface area (Å²) in [5, 5.41) is 3.60. The minimum absolute atomic E-state index is 0.117. The third-order valence-electron chi connectivity index (χ3n) is 5.07. The van der Waals surface area contributed by atoms with Gasteiger partial charge in [0, 0.05) is 24.3 Å². The summed E-state index contributed by atoms with van der Waals surface area (Å²) in [6.45, 7) is 1.11. The van der Waals surface area contributed by atoms with Crippen molar-refractivity contribution in [2.75, 3.05) is 37.0 Å². The van der Waals surface area contributed by atoms with Gasteiger partial charge in [0.05, 0.1) is 37.4 Å². The summed E-state index contributed by atoms with van der Waals surface area (Å²) in [5.41, 5.74) is 1.83. The van der Waals surface area contributed by atoms with E-state index >= 15 is 0 Å². The topological polar surface area (TPSA) is 91.8 Å². The molecule has 0 bridgehead atoms. The maximum atomic E-state index is 12.7. The summed E-state index contributed by atoms with van der Waals surface area (Å²) >= 11 is 5.94. The maximum Gasteiger partial charge on any atom is 0.312 e. The number of ether oxygens (including phenoxy) is 1. The first-order valence-electron chi connectivity index (χ1n) is 9.12. The van der Waals surface area contributed by atoms with Crippen molar-refractivity contribution in [2.45, 2.75) is 6.54 Å². The van der Waals surface area contributed by atoms with Crippen molar-refractivity contribution in [1.82, 2.24) is 9.88 Å². The van der Waals surface area contributed by atoms with Crippen LogP contribution in [0.4, 0.5) is 11.5 Å². The smallest absolute Gasteiger partial charge is 0.312 e. The van der Waals surface area contributed by atoms with Crippen LogP contribution < -0.4 is 10.2 Å². The SMILES string of the molecule is COC(=O)C1CN(C(=O)c2cnc3c(c2)N(Cc2ccc(Cl)cc2)C(=O)CN3)C1. The summed E-state index contributed by atoms with van der Waals surface area (Å²) in [5.74, 6) is -0.412. The van der Waals surface area contributed by atoms with E-state index in [4.69, 9.17) is 16.3 Å². The molecule has 2 aromatic rings. The molecule has 1 saturated heterocycles. The van der Waals surface area contributed by atoms with Crippen molar-refractivity contribution in [3.8, 4) is 0 Å². The molecule has 0 unspecified atom stereocenters. The number of halogens is 1. The molecule has 2 amide bonds. The van der Waals surface area contributed by atoms with Crippen LogP contribution in [0, 0.1) is 5.92 Å². The van der Waals surface area contributed by atoms with Gasteiger partial charge in [0.25, 0.3) is 5.91 Å². The van der Waals surface area contributed by atoms with E-state index in [-0.39, 0.29) is 30.2 Å². The molecule has 0 radical (unpaired) electrons. The van der Waals surface area contributed by atoms with Crippen molar-refractivity contribution >= 4 is 40.9 Å². The van der Waals surface area contributed by atoms with E-state index in [0.717, 1.165) is 5.56 Å². The van der Waals surface area contributed by atoms with Crippen LogP contribution in [0.15, 0.2) is 36.5 Å². The molecule has 0 spiro atoms. The third kappa shape index (κ3) is 3.75. The molecule has 1 aromatic heterocycles. The summed E-state index contributed by atoms with van der Waals surface area (Å²) in [7, 11) is 1.33. The molecule has 0 atom stereocenters. The van der Waals surface area contributed by atoms with Gasteiger partial charge >= 0.3 is 5.97 Å². The highest BCUT2D eigenvalue weighted by molar-refractivity contribution is 6.30. The zero-order chi connectivity index (χ0) is 20.5. The van der Waals surface area contributed by atoms with Gasteiger partial charge in [-0.3, -0.25) is 14.4 Å². The Balaban J connectivity index is 1.55. The standard InChI is InChI=1S/C20H19ClN4O4/c1-29-20(28)14-10-24(11-14)19(27)13-6-16-18(22-7-13)23-8-17(26)25(16)9-12-2-4-15(21)5-3-12/h2-7,14H,8-11H2,1H3,(H,22,23). The first-order valence-corrected chi connectivity index (χ1v) is 9.50. The van der Waals surface area contributed by atoms with Gasteiger partial charge in [-0.2, -0.15) is 0 Å². The second-order valence-corrected chi connectivity index (χ2v) is 7.42. The molecule has 4 rings (SSSR count). The number of benzene rings is 1. The molecule has 0 saturated carbocycles. The lowest BCUT2D eigenvalue weighted by molar-refractivity contribution is -0.149. The number of amides is 2. The number of hydrogen-bond acceptors (Lipinski definition) is 6. The maximum absolute atomic E-state index is 12.7. The third-order valence-corrected chi connectivity index (χ3v) is 5.32. The average molecular weight is 415 g/mol. The van der Waals surface area contributed by atoms with Crippen LogP contribution in [0.2, 0.25) is 5.02 Å². The number of nitrogens with one attached hydrogen (secondary N) is 1. The average Bonchev–Trinajstić information content (AvgIpc) is 2.69. The number of pyridine rings is 1. The fraction of sp³-hybridized carbons (Fsp3) is 0.300. The number of carbonyl (C=O) groups is 3. The summed E-state index contributed by atoms with van der Waals surface area (Å²) in [6.07, 6.45) is 1.48. The molecule has 3 heterocycles. The molecule has 8 nitrogen and oxygen atoms in total. The van der Waals surface area contributed by atoms with Gasteiger partial charge < -0.3 is 19.9 Å². The molecular formula is C20H19ClN4O4. The molecule has 150 valence electrons. The zero-order valence-corrected chi connectivity index (χ0v) is 16.5. The number of methoxy groups -OCH3 is 1. The number of nitrogens with zero attached hydrogens (tertiary/aromatic N) is 3. The summed E-state index contributed by atoms with van der Waals surface area (Å²) < 4.78 is 4.70. The van der Waals surface area contributed by atoms with Gasteiger partial charge in [0.2, 0.25) is 5.91 Å². The lowest BCUT2D eigenvalue weighted by atomic mass is 9.99. The fourth-order valence-corrected chi connectivity index (χ4v) is 3.52. The van der Waals surface area contributed by atoms with E-state index in [1.54, 1.807) is 28.0 Å². The monoisotopic (exact) mass is 414 g/mol. The molecule has 2 aliphatic heterocycles. The number of anilines is 2. The van der Waals surface area contributed by atoms with E-state index in [1.165, 1.54) is 13.3 Å². The summed E-state index contributed by atoms with van der Waals surface area (Å²) in [6, 6.07) is 8.91. The van der Waals surface area contributed by atoms with Crippen LogP contribution >= 0.6 is 11.6 Å². The Morgan fingerprint density at radius 2 is 2.00 bits per heavy atom. The lowest BCUT2D eigenvalue weighted by Crippen LogP contribution is -2.53. The van der Waals surface area contributed by atoms with Crippen LogP contribution in [0.5, 0.6) is 0 Å². The molecule has 0 aliphatic carbocycles. The van der Waals surface area contributed by atoms with E-state index in [0.29, 0.717) is 41.7 Å². The molecule has 2 aliphatic rings. The van der Waals surface area contributed by atoms with E-state index in [1.807, 2.05) is 12.1 Å². The van der Waals surface area contributed by atoms with Crippen LogP contribution in [-0.4, -0.2) is 54.4 Å². The lowest BCUT2D eigenvalue weighted by Gasteiger charge is -2.37. The van der Waals surface area contributed by atoms with Gasteiger partial charge in [0.15, 0.2) is 5.82 Å². The normalized spacial score (nSPS) is 16.0. The zero-order valence-electron chi connectivity index (χ0n) is 15.7. The first-order chi connectivity index (χ1) is 14.0.